The number of rotatable bonds is 5. The number of carbonyl (C=O) groups is 1. The fourth-order valence-corrected chi connectivity index (χ4v) is 1.94. The lowest BCUT2D eigenvalue weighted by molar-refractivity contribution is 0.0515. The molecule has 0 aliphatic heterocycles. The van der Waals surface area contributed by atoms with Crippen LogP contribution in [0.25, 0.3) is 0 Å². The molecular formula is C16H15ClN2O3. The molecule has 0 spiro atoms. The van der Waals surface area contributed by atoms with Crippen molar-refractivity contribution in [1.29, 1.82) is 0 Å². The molecule has 0 bridgehead atoms. The zero-order valence-electron chi connectivity index (χ0n) is 12.0. The van der Waals surface area contributed by atoms with E-state index in [1.54, 1.807) is 31.4 Å². The number of para-hydroxylation sites is 1. The van der Waals surface area contributed by atoms with Gasteiger partial charge in [-0.25, -0.2) is 4.79 Å². The van der Waals surface area contributed by atoms with Crippen LogP contribution in [-0.2, 0) is 11.3 Å². The van der Waals surface area contributed by atoms with Gasteiger partial charge in [-0.05, 0) is 30.3 Å². The van der Waals surface area contributed by atoms with E-state index in [0.717, 1.165) is 5.56 Å². The van der Waals surface area contributed by atoms with Crippen molar-refractivity contribution in [3.8, 4) is 5.75 Å². The van der Waals surface area contributed by atoms with Crippen LogP contribution >= 0.6 is 11.6 Å². The number of benzene rings is 2. The summed E-state index contributed by atoms with van der Waals surface area (Å²) in [6, 6.07) is 13.7. The van der Waals surface area contributed by atoms with E-state index in [1.165, 1.54) is 0 Å². The van der Waals surface area contributed by atoms with Crippen LogP contribution in [0.4, 0.5) is 0 Å². The number of nitrogens with two attached hydrogens (primary N) is 1. The summed E-state index contributed by atoms with van der Waals surface area (Å²) in [6.45, 7) is 0. The Kier molecular flexibility index (Phi) is 5.38. The summed E-state index contributed by atoms with van der Waals surface area (Å²) in [7, 11) is 1.58. The second kappa shape index (κ2) is 7.47. The molecule has 0 fully saturated rings. The summed E-state index contributed by atoms with van der Waals surface area (Å²) in [5.41, 5.74) is 6.98. The lowest BCUT2D eigenvalue weighted by Gasteiger charge is -2.07. The molecule has 6 heteroatoms. The summed E-state index contributed by atoms with van der Waals surface area (Å²) >= 11 is 5.75. The Balaban J connectivity index is 2.00. The van der Waals surface area contributed by atoms with E-state index in [-0.39, 0.29) is 5.84 Å². The van der Waals surface area contributed by atoms with Gasteiger partial charge in [0.1, 0.15) is 11.6 Å². The third kappa shape index (κ3) is 4.23. The first kappa shape index (κ1) is 15.9. The molecule has 0 heterocycles. The maximum absolute atomic E-state index is 11.8. The van der Waals surface area contributed by atoms with Gasteiger partial charge in [0.2, 0.25) is 0 Å². The molecule has 0 aliphatic carbocycles. The van der Waals surface area contributed by atoms with Gasteiger partial charge in [0.05, 0.1) is 12.7 Å². The number of ether oxygens (including phenoxy) is 1. The van der Waals surface area contributed by atoms with E-state index in [4.69, 9.17) is 26.9 Å². The third-order valence-electron chi connectivity index (χ3n) is 2.89. The smallest absolute Gasteiger partial charge is 0.365 e. The molecule has 0 aromatic heterocycles. The van der Waals surface area contributed by atoms with Gasteiger partial charge in [0, 0.05) is 17.0 Å². The van der Waals surface area contributed by atoms with Crippen LogP contribution in [0.1, 0.15) is 15.9 Å². The molecule has 5 nitrogen and oxygen atoms in total. The van der Waals surface area contributed by atoms with Crippen LogP contribution in [0, 0.1) is 0 Å². The van der Waals surface area contributed by atoms with Gasteiger partial charge in [-0.1, -0.05) is 35.0 Å². The van der Waals surface area contributed by atoms with Crippen molar-refractivity contribution in [1.82, 2.24) is 0 Å². The van der Waals surface area contributed by atoms with Gasteiger partial charge in [-0.15, -0.1) is 0 Å². The van der Waals surface area contributed by atoms with Crippen molar-refractivity contribution in [3.63, 3.8) is 0 Å². The van der Waals surface area contributed by atoms with Gasteiger partial charge in [0.15, 0.2) is 0 Å². The van der Waals surface area contributed by atoms with Crippen molar-refractivity contribution in [3.05, 3.63) is 64.7 Å². The summed E-state index contributed by atoms with van der Waals surface area (Å²) < 4.78 is 5.22. The zero-order chi connectivity index (χ0) is 15.9. The van der Waals surface area contributed by atoms with Gasteiger partial charge >= 0.3 is 5.97 Å². The molecule has 0 aliphatic rings. The first-order valence-corrected chi connectivity index (χ1v) is 6.89. The predicted molar refractivity (Wildman–Crippen MR) is 85.2 cm³/mol. The number of hydrogen-bond acceptors (Lipinski definition) is 4. The van der Waals surface area contributed by atoms with Crippen LogP contribution < -0.4 is 10.5 Å². The number of methoxy groups -OCH3 is 1. The molecule has 2 aromatic rings. The average Bonchev–Trinajstić information content (AvgIpc) is 2.54. The van der Waals surface area contributed by atoms with Crippen molar-refractivity contribution in [2.75, 3.05) is 7.11 Å². The van der Waals surface area contributed by atoms with Crippen molar-refractivity contribution >= 4 is 23.4 Å². The average molecular weight is 319 g/mol. The highest BCUT2D eigenvalue weighted by Gasteiger charge is 2.08. The molecule has 114 valence electrons. The van der Waals surface area contributed by atoms with Gasteiger partial charge in [0.25, 0.3) is 0 Å². The SMILES string of the molecule is COc1ccccc1C/C(N)=N\OC(=O)c1ccc(Cl)cc1. The molecule has 0 atom stereocenters. The van der Waals surface area contributed by atoms with Crippen LogP contribution in [0.2, 0.25) is 5.02 Å². The Hall–Kier alpha value is -2.53. The maximum atomic E-state index is 11.8. The summed E-state index contributed by atoms with van der Waals surface area (Å²) in [6.07, 6.45) is 0.317. The highest BCUT2D eigenvalue weighted by molar-refractivity contribution is 6.30. The van der Waals surface area contributed by atoms with Gasteiger partial charge < -0.3 is 15.3 Å². The molecule has 0 unspecified atom stereocenters. The van der Waals surface area contributed by atoms with Crippen molar-refractivity contribution < 1.29 is 14.4 Å². The first-order valence-electron chi connectivity index (χ1n) is 6.51. The lowest BCUT2D eigenvalue weighted by Crippen LogP contribution is -2.17. The zero-order valence-corrected chi connectivity index (χ0v) is 12.7. The topological polar surface area (TPSA) is 73.9 Å². The Morgan fingerprint density at radius 2 is 1.86 bits per heavy atom. The maximum Gasteiger partial charge on any atom is 0.365 e. The molecular weight excluding hydrogens is 304 g/mol. The quantitative estimate of drug-likeness (QED) is 0.398. The number of hydrogen-bond donors (Lipinski definition) is 1. The molecule has 0 saturated carbocycles. The minimum absolute atomic E-state index is 0.173. The minimum Gasteiger partial charge on any atom is -0.496 e. The predicted octanol–water partition coefficient (Wildman–Crippen LogP) is 3.02. The number of nitrogens with zero attached hydrogens (tertiary/aromatic N) is 1. The van der Waals surface area contributed by atoms with E-state index in [2.05, 4.69) is 5.16 Å². The summed E-state index contributed by atoms with van der Waals surface area (Å²) in [5, 5.41) is 4.19. The van der Waals surface area contributed by atoms with Crippen molar-refractivity contribution in [2.24, 2.45) is 10.9 Å². The Labute approximate surface area is 133 Å². The molecule has 22 heavy (non-hydrogen) atoms. The molecule has 0 amide bonds. The third-order valence-corrected chi connectivity index (χ3v) is 3.14. The van der Waals surface area contributed by atoms with E-state index >= 15 is 0 Å². The van der Waals surface area contributed by atoms with Crippen LogP contribution in [0.5, 0.6) is 5.75 Å². The highest BCUT2D eigenvalue weighted by atomic mass is 35.5. The lowest BCUT2D eigenvalue weighted by atomic mass is 10.1. The Morgan fingerprint density at radius 3 is 2.55 bits per heavy atom. The number of amidine groups is 1. The molecule has 2 N–H and O–H groups in total. The van der Waals surface area contributed by atoms with Gasteiger partial charge in [-0.3, -0.25) is 0 Å². The molecule has 2 rings (SSSR count). The van der Waals surface area contributed by atoms with E-state index in [9.17, 15) is 4.79 Å². The number of carbonyl (C=O) groups excluding carboxylic acids is 1. The largest absolute Gasteiger partial charge is 0.496 e. The van der Waals surface area contributed by atoms with Crippen molar-refractivity contribution in [2.45, 2.75) is 6.42 Å². The van der Waals surface area contributed by atoms with Crippen LogP contribution in [-0.4, -0.2) is 18.9 Å². The van der Waals surface area contributed by atoms with Gasteiger partial charge in [-0.2, -0.15) is 0 Å². The standard InChI is InChI=1S/C16H15ClN2O3/c1-21-14-5-3-2-4-12(14)10-15(18)19-22-16(20)11-6-8-13(17)9-7-11/h2-9H,10H2,1H3,(H2,18,19). The summed E-state index contributed by atoms with van der Waals surface area (Å²) in [5.74, 6) is 0.274. The molecule has 0 radical (unpaired) electrons. The monoisotopic (exact) mass is 318 g/mol. The molecule has 2 aromatic carbocycles. The van der Waals surface area contributed by atoms with E-state index < -0.39 is 5.97 Å². The van der Waals surface area contributed by atoms with E-state index in [1.807, 2.05) is 24.3 Å². The highest BCUT2D eigenvalue weighted by Crippen LogP contribution is 2.17. The Morgan fingerprint density at radius 1 is 1.18 bits per heavy atom. The fraction of sp³-hybridized carbons (Fsp3) is 0.125. The number of oxime groups is 1. The molecule has 0 saturated heterocycles. The van der Waals surface area contributed by atoms with E-state index in [0.29, 0.717) is 22.8 Å². The second-order valence-corrected chi connectivity index (χ2v) is 4.89. The fourth-order valence-electron chi connectivity index (χ4n) is 1.82. The van der Waals surface area contributed by atoms with Crippen LogP contribution in [0.15, 0.2) is 53.7 Å². The Bertz CT molecular complexity index is 684. The minimum atomic E-state index is -0.598. The van der Waals surface area contributed by atoms with Crippen LogP contribution in [0.3, 0.4) is 0 Å². The second-order valence-electron chi connectivity index (χ2n) is 4.46. The normalized spacial score (nSPS) is 11.1. The number of halogens is 1. The first-order chi connectivity index (χ1) is 10.6. The summed E-state index contributed by atoms with van der Waals surface area (Å²) in [4.78, 5) is 16.6.